The molecule has 0 aliphatic rings. The van der Waals surface area contributed by atoms with E-state index in [0.717, 1.165) is 12.1 Å². The van der Waals surface area contributed by atoms with Crippen LogP contribution in [0.4, 0.5) is 5.13 Å². The summed E-state index contributed by atoms with van der Waals surface area (Å²) in [5, 5.41) is 0.679. The predicted octanol–water partition coefficient (Wildman–Crippen LogP) is 4.56. The topological polar surface area (TPSA) is 38.9 Å². The number of aromatic nitrogens is 1. The first-order chi connectivity index (χ1) is 8.97. The van der Waals surface area contributed by atoms with Crippen molar-refractivity contribution in [1.29, 1.82) is 0 Å². The molecule has 0 unspecified atom stereocenters. The van der Waals surface area contributed by atoms with Crippen molar-refractivity contribution in [2.75, 3.05) is 5.73 Å². The van der Waals surface area contributed by atoms with Gasteiger partial charge >= 0.3 is 0 Å². The number of nitrogens with zero attached hydrogens (tertiary/aromatic N) is 1. The smallest absolute Gasteiger partial charge is 0.180 e. The zero-order valence-corrected chi connectivity index (χ0v) is 12.9. The second-order valence-electron chi connectivity index (χ2n) is 5.59. The van der Waals surface area contributed by atoms with Gasteiger partial charge in [0.05, 0.1) is 5.69 Å². The van der Waals surface area contributed by atoms with Gasteiger partial charge in [0.2, 0.25) is 0 Å². The lowest BCUT2D eigenvalue weighted by molar-refractivity contribution is 0.819. The lowest BCUT2D eigenvalue weighted by Gasteiger charge is -2.09. The number of anilines is 1. The molecule has 0 aliphatic carbocycles. The van der Waals surface area contributed by atoms with Gasteiger partial charge in [-0.15, -0.1) is 11.3 Å². The zero-order valence-electron chi connectivity index (χ0n) is 12.1. The molecule has 0 amide bonds. The van der Waals surface area contributed by atoms with Gasteiger partial charge in [0.1, 0.15) is 0 Å². The number of nitrogen functional groups attached to an aromatic ring is 1. The molecule has 0 saturated heterocycles. The van der Waals surface area contributed by atoms with Crippen LogP contribution in [-0.2, 0) is 6.42 Å². The Labute approximate surface area is 119 Å². The number of rotatable bonds is 4. The first-order valence-corrected chi connectivity index (χ1v) is 7.63. The summed E-state index contributed by atoms with van der Waals surface area (Å²) < 4.78 is 0. The lowest BCUT2D eigenvalue weighted by atomic mass is 9.98. The van der Waals surface area contributed by atoms with Crippen LogP contribution in [0.1, 0.15) is 61.2 Å². The summed E-state index contributed by atoms with van der Waals surface area (Å²) in [6.07, 6.45) is 0.933. The van der Waals surface area contributed by atoms with E-state index < -0.39 is 0 Å². The molecule has 1 aromatic heterocycles. The van der Waals surface area contributed by atoms with Crippen molar-refractivity contribution in [3.63, 3.8) is 0 Å². The van der Waals surface area contributed by atoms with Crippen molar-refractivity contribution < 1.29 is 0 Å². The van der Waals surface area contributed by atoms with Crippen LogP contribution >= 0.6 is 11.3 Å². The number of hydrogen-bond acceptors (Lipinski definition) is 3. The number of hydrogen-bond donors (Lipinski definition) is 1. The van der Waals surface area contributed by atoms with Gasteiger partial charge in [-0.2, -0.15) is 0 Å². The molecule has 2 rings (SSSR count). The van der Waals surface area contributed by atoms with E-state index >= 15 is 0 Å². The molecule has 0 aliphatic heterocycles. The van der Waals surface area contributed by atoms with Crippen molar-refractivity contribution in [1.82, 2.24) is 4.98 Å². The standard InChI is InChI=1S/C16H22N2S/c1-10(2)13-7-5-6-12(8-13)9-14-15(11(3)4)18-16(17)19-14/h5-8,10-11H,9H2,1-4H3,(H2,17,18). The van der Waals surface area contributed by atoms with E-state index in [0.29, 0.717) is 17.0 Å². The molecule has 2 nitrogen and oxygen atoms in total. The molecule has 0 radical (unpaired) electrons. The van der Waals surface area contributed by atoms with Gasteiger partial charge in [0.25, 0.3) is 0 Å². The van der Waals surface area contributed by atoms with E-state index in [1.807, 2.05) is 0 Å². The minimum atomic E-state index is 0.428. The van der Waals surface area contributed by atoms with Gasteiger partial charge in [-0.25, -0.2) is 4.98 Å². The fourth-order valence-corrected chi connectivity index (χ4v) is 3.23. The highest BCUT2D eigenvalue weighted by atomic mass is 32.1. The molecule has 0 fully saturated rings. The first-order valence-electron chi connectivity index (χ1n) is 6.81. The highest BCUT2D eigenvalue weighted by Crippen LogP contribution is 2.29. The Morgan fingerprint density at radius 3 is 2.53 bits per heavy atom. The van der Waals surface area contributed by atoms with Crippen molar-refractivity contribution in [3.05, 3.63) is 46.0 Å². The van der Waals surface area contributed by atoms with Gasteiger partial charge in [-0.05, 0) is 23.0 Å². The Kier molecular flexibility index (Phi) is 4.25. The third-order valence-electron chi connectivity index (χ3n) is 3.27. The van der Waals surface area contributed by atoms with E-state index in [4.69, 9.17) is 5.73 Å². The van der Waals surface area contributed by atoms with Crippen molar-refractivity contribution in [3.8, 4) is 0 Å². The average molecular weight is 274 g/mol. The molecule has 2 aromatic rings. The molecule has 0 saturated carbocycles. The average Bonchev–Trinajstić information content (AvgIpc) is 2.70. The van der Waals surface area contributed by atoms with Crippen molar-refractivity contribution in [2.24, 2.45) is 0 Å². The van der Waals surface area contributed by atoms with E-state index in [1.165, 1.54) is 16.0 Å². The van der Waals surface area contributed by atoms with Crippen molar-refractivity contribution in [2.45, 2.75) is 46.0 Å². The zero-order chi connectivity index (χ0) is 14.0. The molecule has 0 bridgehead atoms. The maximum absolute atomic E-state index is 5.86. The first kappa shape index (κ1) is 14.1. The third-order valence-corrected chi connectivity index (χ3v) is 4.17. The van der Waals surface area contributed by atoms with Crippen LogP contribution in [0.5, 0.6) is 0 Å². The SMILES string of the molecule is CC(C)c1cccc(Cc2sc(N)nc2C(C)C)c1. The molecule has 2 N–H and O–H groups in total. The number of thiazole rings is 1. The minimum absolute atomic E-state index is 0.428. The van der Waals surface area contributed by atoms with Crippen LogP contribution in [0.25, 0.3) is 0 Å². The molecular weight excluding hydrogens is 252 g/mol. The van der Waals surface area contributed by atoms with Crippen LogP contribution in [-0.4, -0.2) is 4.98 Å². The van der Waals surface area contributed by atoms with Gasteiger partial charge in [0.15, 0.2) is 5.13 Å². The monoisotopic (exact) mass is 274 g/mol. The van der Waals surface area contributed by atoms with Crippen LogP contribution in [0.3, 0.4) is 0 Å². The Morgan fingerprint density at radius 2 is 1.89 bits per heavy atom. The van der Waals surface area contributed by atoms with Crippen LogP contribution in [0.15, 0.2) is 24.3 Å². The third kappa shape index (κ3) is 3.35. The van der Waals surface area contributed by atoms with Crippen LogP contribution < -0.4 is 5.73 Å². The highest BCUT2D eigenvalue weighted by Gasteiger charge is 2.13. The van der Waals surface area contributed by atoms with E-state index in [9.17, 15) is 0 Å². The molecule has 102 valence electrons. The number of nitrogens with two attached hydrogens (primary N) is 1. The fraction of sp³-hybridized carbons (Fsp3) is 0.438. The minimum Gasteiger partial charge on any atom is -0.375 e. The summed E-state index contributed by atoms with van der Waals surface area (Å²) in [6, 6.07) is 8.82. The lowest BCUT2D eigenvalue weighted by Crippen LogP contribution is -1.96. The second-order valence-corrected chi connectivity index (χ2v) is 6.71. The van der Waals surface area contributed by atoms with Gasteiger partial charge in [0, 0.05) is 11.3 Å². The van der Waals surface area contributed by atoms with Gasteiger partial charge < -0.3 is 5.73 Å². The van der Waals surface area contributed by atoms with Crippen LogP contribution in [0, 0.1) is 0 Å². The fourth-order valence-electron chi connectivity index (χ4n) is 2.21. The largest absolute Gasteiger partial charge is 0.375 e. The summed E-state index contributed by atoms with van der Waals surface area (Å²) in [4.78, 5) is 5.76. The van der Waals surface area contributed by atoms with E-state index in [2.05, 4.69) is 56.9 Å². The quantitative estimate of drug-likeness (QED) is 0.887. The summed E-state index contributed by atoms with van der Waals surface area (Å²) in [5.74, 6) is 0.993. The van der Waals surface area contributed by atoms with Gasteiger partial charge in [-0.1, -0.05) is 52.0 Å². The number of benzene rings is 1. The Balaban J connectivity index is 2.28. The molecule has 1 heterocycles. The Hall–Kier alpha value is -1.35. The molecule has 19 heavy (non-hydrogen) atoms. The maximum atomic E-state index is 5.86. The molecule has 0 atom stereocenters. The van der Waals surface area contributed by atoms with E-state index in [1.54, 1.807) is 11.3 Å². The maximum Gasteiger partial charge on any atom is 0.180 e. The molecule has 0 spiro atoms. The molecule has 1 aromatic carbocycles. The molecule has 3 heteroatoms. The van der Waals surface area contributed by atoms with Gasteiger partial charge in [-0.3, -0.25) is 0 Å². The second kappa shape index (κ2) is 5.74. The summed E-state index contributed by atoms with van der Waals surface area (Å²) in [7, 11) is 0. The Morgan fingerprint density at radius 1 is 1.16 bits per heavy atom. The summed E-state index contributed by atoms with van der Waals surface area (Å²) in [6.45, 7) is 8.79. The Bertz CT molecular complexity index is 556. The summed E-state index contributed by atoms with van der Waals surface area (Å²) >= 11 is 1.62. The van der Waals surface area contributed by atoms with Crippen LogP contribution in [0.2, 0.25) is 0 Å². The van der Waals surface area contributed by atoms with Crippen molar-refractivity contribution >= 4 is 16.5 Å². The summed E-state index contributed by atoms with van der Waals surface area (Å²) in [5.41, 5.74) is 9.74. The highest BCUT2D eigenvalue weighted by molar-refractivity contribution is 7.15. The predicted molar refractivity (Wildman–Crippen MR) is 84.0 cm³/mol. The van der Waals surface area contributed by atoms with E-state index in [-0.39, 0.29) is 0 Å². The molecular formula is C16H22N2S. The normalized spacial score (nSPS) is 11.5.